The molecular weight excluding hydrogens is 246 g/mol. The molecule has 0 aromatic carbocycles. The average Bonchev–Trinajstić information content (AvgIpc) is 2.74. The Balaban J connectivity index is 1.85. The number of thioether (sulfide) groups is 1. The Labute approximate surface area is 113 Å². The molecule has 0 bridgehead atoms. The number of nitrogens with zero attached hydrogens (tertiary/aromatic N) is 2. The van der Waals surface area contributed by atoms with Crippen molar-refractivity contribution in [2.45, 2.75) is 63.0 Å². The van der Waals surface area contributed by atoms with Gasteiger partial charge in [-0.3, -0.25) is 0 Å². The lowest BCUT2D eigenvalue weighted by Gasteiger charge is -2.25. The van der Waals surface area contributed by atoms with E-state index in [0.717, 1.165) is 16.9 Å². The number of nitrogens with two attached hydrogens (primary N) is 1. The lowest BCUT2D eigenvalue weighted by molar-refractivity contribution is 0.368. The zero-order valence-corrected chi connectivity index (χ0v) is 12.3. The number of rotatable bonds is 4. The van der Waals surface area contributed by atoms with E-state index in [1.54, 1.807) is 0 Å². The second kappa shape index (κ2) is 5.61. The van der Waals surface area contributed by atoms with Crippen molar-refractivity contribution < 1.29 is 4.52 Å². The van der Waals surface area contributed by atoms with Crippen LogP contribution in [0.1, 0.15) is 58.2 Å². The summed E-state index contributed by atoms with van der Waals surface area (Å²) in [4.78, 5) is 4.36. The summed E-state index contributed by atoms with van der Waals surface area (Å²) in [6.07, 6.45) is 5.36. The van der Waals surface area contributed by atoms with Crippen molar-refractivity contribution in [1.29, 1.82) is 0 Å². The summed E-state index contributed by atoms with van der Waals surface area (Å²) in [5, 5.41) is 4.69. The van der Waals surface area contributed by atoms with Gasteiger partial charge in [0.05, 0.1) is 11.3 Å². The minimum atomic E-state index is -0.522. The fourth-order valence-electron chi connectivity index (χ4n) is 2.29. The fraction of sp³-hybridized carbons (Fsp3) is 0.846. The molecule has 0 aliphatic heterocycles. The molecule has 1 aromatic rings. The van der Waals surface area contributed by atoms with Gasteiger partial charge < -0.3 is 10.3 Å². The highest BCUT2D eigenvalue weighted by atomic mass is 32.2. The number of hydrogen-bond acceptors (Lipinski definition) is 5. The van der Waals surface area contributed by atoms with Crippen molar-refractivity contribution in [1.82, 2.24) is 10.1 Å². The fourth-order valence-corrected chi connectivity index (χ4v) is 3.59. The van der Waals surface area contributed by atoms with Gasteiger partial charge in [-0.15, -0.1) is 11.8 Å². The van der Waals surface area contributed by atoms with Crippen LogP contribution in [0, 0.1) is 5.92 Å². The van der Waals surface area contributed by atoms with Gasteiger partial charge >= 0.3 is 0 Å². The van der Waals surface area contributed by atoms with Gasteiger partial charge in [0, 0.05) is 5.25 Å². The van der Waals surface area contributed by atoms with E-state index in [4.69, 9.17) is 10.3 Å². The van der Waals surface area contributed by atoms with Gasteiger partial charge in [0.15, 0.2) is 5.82 Å². The smallest absolute Gasteiger partial charge is 0.236 e. The number of aromatic nitrogens is 2. The van der Waals surface area contributed by atoms with Gasteiger partial charge in [0.25, 0.3) is 0 Å². The summed E-state index contributed by atoms with van der Waals surface area (Å²) in [6.45, 7) is 6.11. The summed E-state index contributed by atoms with van der Waals surface area (Å²) < 4.78 is 5.25. The summed E-state index contributed by atoms with van der Waals surface area (Å²) in [5.41, 5.74) is 5.41. The van der Waals surface area contributed by atoms with Gasteiger partial charge in [0.2, 0.25) is 5.89 Å². The topological polar surface area (TPSA) is 64.9 Å². The van der Waals surface area contributed by atoms with Crippen LogP contribution in [-0.2, 0) is 11.3 Å². The maximum atomic E-state index is 5.94. The summed E-state index contributed by atoms with van der Waals surface area (Å²) in [7, 11) is 0. The molecule has 102 valence electrons. The molecule has 0 saturated heterocycles. The molecule has 2 rings (SSSR count). The molecule has 5 heteroatoms. The van der Waals surface area contributed by atoms with E-state index >= 15 is 0 Å². The molecule has 0 spiro atoms. The second-order valence-electron chi connectivity index (χ2n) is 5.94. The third-order valence-electron chi connectivity index (χ3n) is 3.38. The Morgan fingerprint density at radius 1 is 1.44 bits per heavy atom. The number of hydrogen-bond donors (Lipinski definition) is 1. The second-order valence-corrected chi connectivity index (χ2v) is 7.23. The molecular formula is C13H23N3OS. The minimum Gasteiger partial charge on any atom is -0.338 e. The minimum absolute atomic E-state index is 0.522. The third kappa shape index (κ3) is 3.72. The Bertz CT molecular complexity index is 386. The van der Waals surface area contributed by atoms with Gasteiger partial charge in [0.1, 0.15) is 0 Å². The molecule has 1 fully saturated rings. The van der Waals surface area contributed by atoms with Crippen molar-refractivity contribution in [3.8, 4) is 0 Å². The quantitative estimate of drug-likeness (QED) is 0.910. The highest BCUT2D eigenvalue weighted by Crippen LogP contribution is 2.33. The first-order valence-corrected chi connectivity index (χ1v) is 7.73. The molecule has 18 heavy (non-hydrogen) atoms. The van der Waals surface area contributed by atoms with Gasteiger partial charge in [-0.05, 0) is 32.6 Å². The van der Waals surface area contributed by atoms with Crippen molar-refractivity contribution in [2.24, 2.45) is 11.7 Å². The first-order chi connectivity index (χ1) is 8.45. The lowest BCUT2D eigenvalue weighted by Crippen LogP contribution is -2.30. The molecule has 0 radical (unpaired) electrons. The van der Waals surface area contributed by atoms with Crippen LogP contribution in [0.25, 0.3) is 0 Å². The molecule has 1 aliphatic rings. The molecule has 1 heterocycles. The Kier molecular flexibility index (Phi) is 4.33. The van der Waals surface area contributed by atoms with Crippen LogP contribution in [0.15, 0.2) is 4.52 Å². The van der Waals surface area contributed by atoms with E-state index in [1.165, 1.54) is 25.7 Å². The van der Waals surface area contributed by atoms with Crippen molar-refractivity contribution in [2.75, 3.05) is 0 Å². The van der Waals surface area contributed by atoms with Crippen molar-refractivity contribution in [3.05, 3.63) is 11.7 Å². The summed E-state index contributed by atoms with van der Waals surface area (Å²) in [5.74, 6) is 2.96. The van der Waals surface area contributed by atoms with Crippen LogP contribution in [-0.4, -0.2) is 15.4 Å². The molecule has 2 N–H and O–H groups in total. The van der Waals surface area contributed by atoms with E-state index in [-0.39, 0.29) is 0 Å². The lowest BCUT2D eigenvalue weighted by atomic mass is 9.91. The monoisotopic (exact) mass is 269 g/mol. The van der Waals surface area contributed by atoms with Crippen LogP contribution < -0.4 is 5.73 Å². The van der Waals surface area contributed by atoms with Crippen LogP contribution in [0.4, 0.5) is 0 Å². The van der Waals surface area contributed by atoms with E-state index in [1.807, 2.05) is 25.6 Å². The van der Waals surface area contributed by atoms with E-state index < -0.39 is 5.54 Å². The van der Waals surface area contributed by atoms with Gasteiger partial charge in [-0.25, -0.2) is 0 Å². The first-order valence-electron chi connectivity index (χ1n) is 6.68. The van der Waals surface area contributed by atoms with Crippen LogP contribution in [0.2, 0.25) is 0 Å². The Morgan fingerprint density at radius 3 is 2.83 bits per heavy atom. The Hall–Kier alpha value is -0.550. The highest BCUT2D eigenvalue weighted by molar-refractivity contribution is 7.99. The highest BCUT2D eigenvalue weighted by Gasteiger charge is 2.23. The molecule has 1 aliphatic carbocycles. The molecule has 1 aromatic heterocycles. The largest absolute Gasteiger partial charge is 0.338 e. The summed E-state index contributed by atoms with van der Waals surface area (Å²) >= 11 is 1.94. The predicted molar refractivity (Wildman–Crippen MR) is 74.2 cm³/mol. The SMILES string of the molecule is CC1CCCC(SCc2nc(C(C)(C)N)no2)C1. The normalized spacial score (nSPS) is 25.3. The zero-order chi connectivity index (χ0) is 13.2. The van der Waals surface area contributed by atoms with Crippen LogP contribution in [0.5, 0.6) is 0 Å². The Morgan fingerprint density at radius 2 is 2.22 bits per heavy atom. The molecule has 0 amide bonds. The van der Waals surface area contributed by atoms with Gasteiger partial charge in [-0.2, -0.15) is 4.98 Å². The average molecular weight is 269 g/mol. The summed E-state index contributed by atoms with van der Waals surface area (Å²) in [6, 6.07) is 0. The van der Waals surface area contributed by atoms with Crippen LogP contribution in [0.3, 0.4) is 0 Å². The molecule has 2 unspecified atom stereocenters. The maximum absolute atomic E-state index is 5.94. The molecule has 1 saturated carbocycles. The maximum Gasteiger partial charge on any atom is 0.236 e. The van der Waals surface area contributed by atoms with E-state index in [2.05, 4.69) is 17.1 Å². The standard InChI is InChI=1S/C13H23N3OS/c1-9-5-4-6-10(7-9)18-8-11-15-12(16-17-11)13(2,3)14/h9-10H,4-8,14H2,1-3H3. The molecule has 4 nitrogen and oxygen atoms in total. The third-order valence-corrected chi connectivity index (χ3v) is 4.69. The van der Waals surface area contributed by atoms with Crippen molar-refractivity contribution in [3.63, 3.8) is 0 Å². The van der Waals surface area contributed by atoms with Crippen molar-refractivity contribution >= 4 is 11.8 Å². The zero-order valence-electron chi connectivity index (χ0n) is 11.5. The first kappa shape index (κ1) is 13.9. The molecule has 2 atom stereocenters. The predicted octanol–water partition coefficient (Wildman–Crippen LogP) is 3.08. The van der Waals surface area contributed by atoms with Crippen LogP contribution >= 0.6 is 11.8 Å². The van der Waals surface area contributed by atoms with E-state index in [9.17, 15) is 0 Å². The van der Waals surface area contributed by atoms with E-state index in [0.29, 0.717) is 11.7 Å². The van der Waals surface area contributed by atoms with Gasteiger partial charge in [-0.1, -0.05) is 24.9 Å².